The number of hydrogen-bond donors (Lipinski definition) is 1. The van der Waals surface area contributed by atoms with E-state index in [1.807, 2.05) is 25.1 Å². The molecule has 4 heteroatoms. The fraction of sp³-hybridized carbons (Fsp3) is 0.308. The Balaban J connectivity index is 2.94. The van der Waals surface area contributed by atoms with Crippen molar-refractivity contribution in [1.29, 1.82) is 0 Å². The standard InChI is InChI=1S/C13H17NO3/c1-4-14-12(15)9-8-10-6-5-7-11(16-2)13(10)17-3/h5-9H,4H2,1-3H3,(H,14,15)/b9-8+. The van der Waals surface area contributed by atoms with E-state index in [0.717, 1.165) is 5.56 Å². The molecular formula is C13H17NO3. The largest absolute Gasteiger partial charge is 0.493 e. The van der Waals surface area contributed by atoms with Crippen LogP contribution in [0.5, 0.6) is 11.5 Å². The molecule has 1 amide bonds. The van der Waals surface area contributed by atoms with Crippen LogP contribution in [0, 0.1) is 0 Å². The number of rotatable bonds is 5. The SMILES string of the molecule is CCNC(=O)/C=C/c1cccc(OC)c1OC. The van der Waals surface area contributed by atoms with Gasteiger partial charge in [-0.2, -0.15) is 0 Å². The molecule has 0 aliphatic carbocycles. The van der Waals surface area contributed by atoms with Gasteiger partial charge in [0.15, 0.2) is 11.5 Å². The number of nitrogens with one attached hydrogen (secondary N) is 1. The summed E-state index contributed by atoms with van der Waals surface area (Å²) in [5.41, 5.74) is 0.804. The van der Waals surface area contributed by atoms with Gasteiger partial charge in [-0.25, -0.2) is 0 Å². The van der Waals surface area contributed by atoms with E-state index in [-0.39, 0.29) is 5.91 Å². The molecule has 0 aromatic heterocycles. The second kappa shape index (κ2) is 6.58. The van der Waals surface area contributed by atoms with Gasteiger partial charge in [-0.15, -0.1) is 0 Å². The molecule has 0 atom stereocenters. The number of ether oxygens (including phenoxy) is 2. The van der Waals surface area contributed by atoms with Crippen molar-refractivity contribution in [3.8, 4) is 11.5 Å². The topological polar surface area (TPSA) is 47.6 Å². The lowest BCUT2D eigenvalue weighted by molar-refractivity contribution is -0.116. The van der Waals surface area contributed by atoms with Crippen molar-refractivity contribution >= 4 is 12.0 Å². The fourth-order valence-electron chi connectivity index (χ4n) is 1.44. The first-order valence-corrected chi connectivity index (χ1v) is 5.39. The highest BCUT2D eigenvalue weighted by Gasteiger charge is 2.06. The molecule has 1 rings (SSSR count). The number of carbonyl (C=O) groups excluding carboxylic acids is 1. The second-order valence-corrected chi connectivity index (χ2v) is 3.31. The maximum atomic E-state index is 11.3. The monoisotopic (exact) mass is 235 g/mol. The number of likely N-dealkylation sites (N-methyl/N-ethyl adjacent to an activating group) is 1. The first-order valence-electron chi connectivity index (χ1n) is 5.39. The van der Waals surface area contributed by atoms with Crippen LogP contribution in [0.2, 0.25) is 0 Å². The Bertz CT molecular complexity index is 413. The van der Waals surface area contributed by atoms with Crippen LogP contribution in [0.25, 0.3) is 6.08 Å². The molecule has 0 spiro atoms. The Morgan fingerprint density at radius 1 is 1.35 bits per heavy atom. The quantitative estimate of drug-likeness (QED) is 0.792. The molecule has 0 saturated heterocycles. The molecule has 1 aromatic carbocycles. The zero-order valence-corrected chi connectivity index (χ0v) is 10.3. The molecule has 0 bridgehead atoms. The van der Waals surface area contributed by atoms with E-state index in [2.05, 4.69) is 5.32 Å². The van der Waals surface area contributed by atoms with Gasteiger partial charge in [0, 0.05) is 18.2 Å². The Kier molecular flexibility index (Phi) is 5.07. The van der Waals surface area contributed by atoms with Crippen LogP contribution in [0.15, 0.2) is 24.3 Å². The van der Waals surface area contributed by atoms with Crippen LogP contribution in [0.3, 0.4) is 0 Å². The van der Waals surface area contributed by atoms with E-state index in [9.17, 15) is 4.79 Å². The molecule has 4 nitrogen and oxygen atoms in total. The van der Waals surface area contributed by atoms with Gasteiger partial charge in [-0.3, -0.25) is 4.79 Å². The van der Waals surface area contributed by atoms with Gasteiger partial charge in [0.05, 0.1) is 14.2 Å². The molecule has 17 heavy (non-hydrogen) atoms. The molecule has 0 saturated carbocycles. The number of carbonyl (C=O) groups is 1. The summed E-state index contributed by atoms with van der Waals surface area (Å²) in [5.74, 6) is 1.14. The molecule has 0 fully saturated rings. The van der Waals surface area contributed by atoms with Crippen molar-refractivity contribution in [2.45, 2.75) is 6.92 Å². The van der Waals surface area contributed by atoms with Crippen LogP contribution in [-0.2, 0) is 4.79 Å². The first kappa shape index (κ1) is 13.1. The van der Waals surface area contributed by atoms with E-state index >= 15 is 0 Å². The predicted molar refractivity (Wildman–Crippen MR) is 67.3 cm³/mol. The van der Waals surface area contributed by atoms with Crippen LogP contribution in [0.1, 0.15) is 12.5 Å². The van der Waals surface area contributed by atoms with Crippen molar-refractivity contribution in [2.24, 2.45) is 0 Å². The molecular weight excluding hydrogens is 218 g/mol. The fourth-order valence-corrected chi connectivity index (χ4v) is 1.44. The lowest BCUT2D eigenvalue weighted by Crippen LogP contribution is -2.19. The van der Waals surface area contributed by atoms with Crippen LogP contribution in [0.4, 0.5) is 0 Å². The summed E-state index contributed by atoms with van der Waals surface area (Å²) in [6.07, 6.45) is 3.17. The van der Waals surface area contributed by atoms with Crippen molar-refractivity contribution in [3.05, 3.63) is 29.8 Å². The van der Waals surface area contributed by atoms with Gasteiger partial charge in [0.2, 0.25) is 5.91 Å². The van der Waals surface area contributed by atoms with Gasteiger partial charge in [-0.05, 0) is 19.1 Å². The molecule has 0 heterocycles. The average Bonchev–Trinajstić information content (AvgIpc) is 2.36. The first-order chi connectivity index (χ1) is 8.22. The molecule has 0 aliphatic heterocycles. The van der Waals surface area contributed by atoms with Crippen LogP contribution in [-0.4, -0.2) is 26.7 Å². The summed E-state index contributed by atoms with van der Waals surface area (Å²) in [6.45, 7) is 2.48. The third-order valence-electron chi connectivity index (χ3n) is 2.20. The van der Waals surface area contributed by atoms with E-state index < -0.39 is 0 Å². The third-order valence-corrected chi connectivity index (χ3v) is 2.20. The predicted octanol–water partition coefficient (Wildman–Crippen LogP) is 1.85. The van der Waals surface area contributed by atoms with E-state index in [1.165, 1.54) is 6.08 Å². The smallest absolute Gasteiger partial charge is 0.243 e. The number of para-hydroxylation sites is 1. The molecule has 0 unspecified atom stereocenters. The van der Waals surface area contributed by atoms with Gasteiger partial charge in [-0.1, -0.05) is 12.1 Å². The highest BCUT2D eigenvalue weighted by molar-refractivity contribution is 5.92. The second-order valence-electron chi connectivity index (χ2n) is 3.31. The summed E-state index contributed by atoms with van der Waals surface area (Å²) in [4.78, 5) is 11.3. The van der Waals surface area contributed by atoms with Gasteiger partial charge in [0.1, 0.15) is 0 Å². The molecule has 92 valence electrons. The van der Waals surface area contributed by atoms with Crippen molar-refractivity contribution in [1.82, 2.24) is 5.32 Å². The van der Waals surface area contributed by atoms with Gasteiger partial charge in [0.25, 0.3) is 0 Å². The summed E-state index contributed by atoms with van der Waals surface area (Å²) < 4.78 is 10.4. The molecule has 0 aliphatic rings. The minimum Gasteiger partial charge on any atom is -0.493 e. The maximum Gasteiger partial charge on any atom is 0.243 e. The molecule has 1 N–H and O–H groups in total. The maximum absolute atomic E-state index is 11.3. The van der Waals surface area contributed by atoms with E-state index in [4.69, 9.17) is 9.47 Å². The zero-order valence-electron chi connectivity index (χ0n) is 10.3. The lowest BCUT2D eigenvalue weighted by atomic mass is 10.1. The highest BCUT2D eigenvalue weighted by Crippen LogP contribution is 2.31. The lowest BCUT2D eigenvalue weighted by Gasteiger charge is -2.09. The zero-order chi connectivity index (χ0) is 12.7. The van der Waals surface area contributed by atoms with Crippen LogP contribution >= 0.6 is 0 Å². The Morgan fingerprint density at radius 3 is 2.71 bits per heavy atom. The minimum absolute atomic E-state index is 0.127. The number of hydrogen-bond acceptors (Lipinski definition) is 3. The van der Waals surface area contributed by atoms with Crippen molar-refractivity contribution < 1.29 is 14.3 Å². The number of amides is 1. The number of methoxy groups -OCH3 is 2. The van der Waals surface area contributed by atoms with E-state index in [1.54, 1.807) is 20.3 Å². The number of benzene rings is 1. The normalized spacial score (nSPS) is 10.3. The summed E-state index contributed by atoms with van der Waals surface area (Å²) in [5, 5.41) is 2.68. The summed E-state index contributed by atoms with van der Waals surface area (Å²) >= 11 is 0. The van der Waals surface area contributed by atoms with Crippen LogP contribution < -0.4 is 14.8 Å². The summed E-state index contributed by atoms with van der Waals surface area (Å²) in [7, 11) is 3.15. The van der Waals surface area contributed by atoms with Crippen molar-refractivity contribution in [2.75, 3.05) is 20.8 Å². The Morgan fingerprint density at radius 2 is 2.12 bits per heavy atom. The molecule has 1 aromatic rings. The highest BCUT2D eigenvalue weighted by atomic mass is 16.5. The summed E-state index contributed by atoms with van der Waals surface area (Å²) in [6, 6.07) is 5.51. The van der Waals surface area contributed by atoms with Gasteiger partial charge >= 0.3 is 0 Å². The van der Waals surface area contributed by atoms with Gasteiger partial charge < -0.3 is 14.8 Å². The molecule has 0 radical (unpaired) electrons. The Hall–Kier alpha value is -1.97. The minimum atomic E-state index is -0.127. The average molecular weight is 235 g/mol. The third kappa shape index (κ3) is 3.52. The van der Waals surface area contributed by atoms with E-state index in [0.29, 0.717) is 18.0 Å². The van der Waals surface area contributed by atoms with Crippen molar-refractivity contribution in [3.63, 3.8) is 0 Å². The Labute approximate surface area is 101 Å².